The van der Waals surface area contributed by atoms with Crippen molar-refractivity contribution < 1.29 is 0 Å². The molecule has 0 spiro atoms. The van der Waals surface area contributed by atoms with E-state index < -0.39 is 0 Å². The van der Waals surface area contributed by atoms with E-state index in [1.807, 2.05) is 6.07 Å². The predicted octanol–water partition coefficient (Wildman–Crippen LogP) is 1.83. The monoisotopic (exact) mass is 239 g/mol. The standard InChI is InChI=1S/C13H13N5/c1-8-3-2-4-9(5-8)6-11-16-10-7-15-13(14)18-12(10)17-11/h2-5,7H,6H2,1H3,(H3,14,15,16,17,18). The van der Waals surface area contributed by atoms with Crippen LogP contribution in [-0.4, -0.2) is 19.9 Å². The van der Waals surface area contributed by atoms with Gasteiger partial charge < -0.3 is 10.7 Å². The smallest absolute Gasteiger partial charge is 0.222 e. The molecule has 3 N–H and O–H groups in total. The Morgan fingerprint density at radius 1 is 1.28 bits per heavy atom. The minimum absolute atomic E-state index is 0.258. The SMILES string of the molecule is Cc1cccc(Cc2nc3cnc(N)nc3[nH]2)c1. The van der Waals surface area contributed by atoms with Gasteiger partial charge in [0.15, 0.2) is 5.65 Å². The summed E-state index contributed by atoms with van der Waals surface area (Å²) in [5.74, 6) is 1.13. The van der Waals surface area contributed by atoms with Gasteiger partial charge in [0.2, 0.25) is 5.95 Å². The number of nitrogens with two attached hydrogens (primary N) is 1. The van der Waals surface area contributed by atoms with E-state index in [4.69, 9.17) is 5.73 Å². The lowest BCUT2D eigenvalue weighted by Gasteiger charge is -1.99. The number of H-pyrrole nitrogens is 1. The van der Waals surface area contributed by atoms with Crippen LogP contribution < -0.4 is 5.73 Å². The Labute approximate surface area is 104 Å². The van der Waals surface area contributed by atoms with E-state index >= 15 is 0 Å². The summed E-state index contributed by atoms with van der Waals surface area (Å²) in [5.41, 5.74) is 9.42. The van der Waals surface area contributed by atoms with Gasteiger partial charge >= 0.3 is 0 Å². The summed E-state index contributed by atoms with van der Waals surface area (Å²) in [6, 6.07) is 8.35. The molecule has 0 atom stereocenters. The number of nitrogen functional groups attached to an aromatic ring is 1. The van der Waals surface area contributed by atoms with E-state index in [0.29, 0.717) is 5.65 Å². The highest BCUT2D eigenvalue weighted by Gasteiger charge is 2.05. The molecule has 90 valence electrons. The summed E-state index contributed by atoms with van der Waals surface area (Å²) in [6.07, 6.45) is 2.38. The van der Waals surface area contributed by atoms with E-state index in [9.17, 15) is 0 Å². The fourth-order valence-corrected chi connectivity index (χ4v) is 1.97. The summed E-state index contributed by atoms with van der Waals surface area (Å²) in [6.45, 7) is 2.08. The van der Waals surface area contributed by atoms with Gasteiger partial charge in [0, 0.05) is 6.42 Å². The second-order valence-electron chi connectivity index (χ2n) is 4.31. The van der Waals surface area contributed by atoms with Gasteiger partial charge in [0.25, 0.3) is 0 Å². The van der Waals surface area contributed by atoms with E-state index in [1.54, 1.807) is 6.20 Å². The van der Waals surface area contributed by atoms with Gasteiger partial charge in [0.05, 0.1) is 6.20 Å². The highest BCUT2D eigenvalue weighted by molar-refractivity contribution is 5.70. The van der Waals surface area contributed by atoms with Crippen molar-refractivity contribution in [1.82, 2.24) is 19.9 Å². The number of benzene rings is 1. The molecule has 2 aromatic heterocycles. The summed E-state index contributed by atoms with van der Waals surface area (Å²) >= 11 is 0. The van der Waals surface area contributed by atoms with Crippen LogP contribution in [0, 0.1) is 6.92 Å². The number of aromatic amines is 1. The van der Waals surface area contributed by atoms with Gasteiger partial charge in [-0.1, -0.05) is 29.8 Å². The van der Waals surface area contributed by atoms with Crippen LogP contribution in [0.15, 0.2) is 30.5 Å². The topological polar surface area (TPSA) is 80.5 Å². The summed E-state index contributed by atoms with van der Waals surface area (Å²) < 4.78 is 0. The Balaban J connectivity index is 1.95. The first-order valence-electron chi connectivity index (χ1n) is 5.73. The van der Waals surface area contributed by atoms with Gasteiger partial charge in [-0.05, 0) is 12.5 Å². The molecule has 0 aliphatic carbocycles. The van der Waals surface area contributed by atoms with Crippen LogP contribution in [0.3, 0.4) is 0 Å². The third-order valence-corrected chi connectivity index (χ3v) is 2.76. The van der Waals surface area contributed by atoms with Crippen LogP contribution in [-0.2, 0) is 6.42 Å². The first kappa shape index (κ1) is 10.7. The number of aromatic nitrogens is 4. The molecule has 0 aliphatic rings. The Hall–Kier alpha value is -2.43. The molecule has 18 heavy (non-hydrogen) atoms. The Bertz CT molecular complexity index is 701. The van der Waals surface area contributed by atoms with E-state index in [1.165, 1.54) is 11.1 Å². The van der Waals surface area contributed by atoms with Crippen LogP contribution in [0.25, 0.3) is 11.2 Å². The number of rotatable bonds is 2. The fraction of sp³-hybridized carbons (Fsp3) is 0.154. The van der Waals surface area contributed by atoms with Crippen LogP contribution in [0.5, 0.6) is 0 Å². The van der Waals surface area contributed by atoms with Gasteiger partial charge in [-0.3, -0.25) is 0 Å². The van der Waals surface area contributed by atoms with Gasteiger partial charge in [0.1, 0.15) is 11.3 Å². The Morgan fingerprint density at radius 2 is 2.17 bits per heavy atom. The third kappa shape index (κ3) is 2.02. The Kier molecular flexibility index (Phi) is 2.44. The predicted molar refractivity (Wildman–Crippen MR) is 70.1 cm³/mol. The Morgan fingerprint density at radius 3 is 3.00 bits per heavy atom. The zero-order valence-corrected chi connectivity index (χ0v) is 10.0. The first-order valence-corrected chi connectivity index (χ1v) is 5.73. The van der Waals surface area contributed by atoms with E-state index in [0.717, 1.165) is 17.8 Å². The molecule has 0 fully saturated rings. The van der Waals surface area contributed by atoms with Crippen LogP contribution in [0.1, 0.15) is 17.0 Å². The van der Waals surface area contributed by atoms with Gasteiger partial charge in [-0.2, -0.15) is 4.98 Å². The zero-order chi connectivity index (χ0) is 12.5. The maximum Gasteiger partial charge on any atom is 0.222 e. The molecule has 5 nitrogen and oxygen atoms in total. The number of aryl methyl sites for hydroxylation is 1. The molecular formula is C13H13N5. The third-order valence-electron chi connectivity index (χ3n) is 2.76. The summed E-state index contributed by atoms with van der Waals surface area (Å²) in [4.78, 5) is 15.6. The quantitative estimate of drug-likeness (QED) is 0.715. The van der Waals surface area contributed by atoms with Crippen molar-refractivity contribution in [2.45, 2.75) is 13.3 Å². The van der Waals surface area contributed by atoms with Crippen molar-refractivity contribution in [2.75, 3.05) is 5.73 Å². The lowest BCUT2D eigenvalue weighted by atomic mass is 10.1. The molecule has 3 rings (SSSR count). The lowest BCUT2D eigenvalue weighted by Crippen LogP contribution is -1.93. The number of imidazole rings is 1. The van der Waals surface area contributed by atoms with Crippen molar-refractivity contribution in [3.8, 4) is 0 Å². The molecule has 0 unspecified atom stereocenters. The molecule has 0 amide bonds. The molecular weight excluding hydrogens is 226 g/mol. The molecule has 0 aliphatic heterocycles. The molecule has 5 heteroatoms. The van der Waals surface area contributed by atoms with E-state index in [-0.39, 0.29) is 5.95 Å². The number of anilines is 1. The maximum atomic E-state index is 5.54. The molecule has 3 aromatic rings. The van der Waals surface area contributed by atoms with Crippen molar-refractivity contribution in [1.29, 1.82) is 0 Å². The average molecular weight is 239 g/mol. The summed E-state index contributed by atoms with van der Waals surface area (Å²) in [5, 5.41) is 0. The van der Waals surface area contributed by atoms with Gasteiger partial charge in [-0.15, -0.1) is 0 Å². The highest BCUT2D eigenvalue weighted by Crippen LogP contribution is 2.13. The molecule has 0 radical (unpaired) electrons. The summed E-state index contributed by atoms with van der Waals surface area (Å²) in [7, 11) is 0. The molecule has 0 bridgehead atoms. The van der Waals surface area contributed by atoms with Crippen LogP contribution in [0.2, 0.25) is 0 Å². The number of hydrogen-bond acceptors (Lipinski definition) is 4. The van der Waals surface area contributed by atoms with Crippen molar-refractivity contribution in [3.05, 3.63) is 47.4 Å². The maximum absolute atomic E-state index is 5.54. The number of hydrogen-bond donors (Lipinski definition) is 2. The minimum atomic E-state index is 0.258. The van der Waals surface area contributed by atoms with Gasteiger partial charge in [-0.25, -0.2) is 9.97 Å². The number of fused-ring (bicyclic) bond motifs is 1. The average Bonchev–Trinajstić information content (AvgIpc) is 2.70. The van der Waals surface area contributed by atoms with Crippen molar-refractivity contribution in [3.63, 3.8) is 0 Å². The second kappa shape index (κ2) is 4.10. The normalized spacial score (nSPS) is 10.9. The van der Waals surface area contributed by atoms with Crippen LogP contribution in [0.4, 0.5) is 5.95 Å². The van der Waals surface area contributed by atoms with Crippen molar-refractivity contribution >= 4 is 17.1 Å². The largest absolute Gasteiger partial charge is 0.368 e. The van der Waals surface area contributed by atoms with Crippen LogP contribution >= 0.6 is 0 Å². The second-order valence-corrected chi connectivity index (χ2v) is 4.31. The molecule has 0 saturated carbocycles. The molecule has 1 aromatic carbocycles. The zero-order valence-electron chi connectivity index (χ0n) is 10.0. The number of nitrogens with zero attached hydrogens (tertiary/aromatic N) is 3. The minimum Gasteiger partial charge on any atom is -0.368 e. The first-order chi connectivity index (χ1) is 8.70. The lowest BCUT2D eigenvalue weighted by molar-refractivity contribution is 1.03. The molecule has 0 saturated heterocycles. The highest BCUT2D eigenvalue weighted by atomic mass is 15.1. The fourth-order valence-electron chi connectivity index (χ4n) is 1.97. The molecule has 2 heterocycles. The number of nitrogens with one attached hydrogen (secondary N) is 1. The van der Waals surface area contributed by atoms with Crippen molar-refractivity contribution in [2.24, 2.45) is 0 Å². The van der Waals surface area contributed by atoms with E-state index in [2.05, 4.69) is 45.1 Å².